The second kappa shape index (κ2) is 7.42. The van der Waals surface area contributed by atoms with Gasteiger partial charge in [-0.05, 0) is 50.8 Å². The van der Waals surface area contributed by atoms with Crippen molar-refractivity contribution in [2.24, 2.45) is 5.92 Å². The summed E-state index contributed by atoms with van der Waals surface area (Å²) in [5.74, 6) is 0.387. The summed E-state index contributed by atoms with van der Waals surface area (Å²) >= 11 is 0. The van der Waals surface area contributed by atoms with Gasteiger partial charge in [0, 0.05) is 25.3 Å². The average Bonchev–Trinajstić information content (AvgIpc) is 3.23. The van der Waals surface area contributed by atoms with Crippen molar-refractivity contribution in [3.8, 4) is 0 Å². The zero-order valence-electron chi connectivity index (χ0n) is 15.8. The molecule has 7 nitrogen and oxygen atoms in total. The molecule has 7 heteroatoms. The molecule has 1 saturated heterocycles. The summed E-state index contributed by atoms with van der Waals surface area (Å²) in [6.07, 6.45) is 2.16. The van der Waals surface area contributed by atoms with E-state index in [4.69, 9.17) is 4.42 Å². The van der Waals surface area contributed by atoms with Gasteiger partial charge in [-0.2, -0.15) is 10.1 Å². The van der Waals surface area contributed by atoms with Gasteiger partial charge in [0.15, 0.2) is 5.58 Å². The van der Waals surface area contributed by atoms with Crippen LogP contribution in [0.15, 0.2) is 34.7 Å². The number of piperidine rings is 1. The summed E-state index contributed by atoms with van der Waals surface area (Å²) in [6.45, 7) is 6.60. The summed E-state index contributed by atoms with van der Waals surface area (Å²) in [6, 6.07) is 10.5. The van der Waals surface area contributed by atoms with E-state index in [2.05, 4.69) is 20.3 Å². The van der Waals surface area contributed by atoms with Gasteiger partial charge in [-0.15, -0.1) is 0 Å². The number of amides is 1. The number of rotatable bonds is 5. The number of oxazole rings is 1. The number of hydrogen-bond donors (Lipinski definition) is 1. The fourth-order valence-electron chi connectivity index (χ4n) is 3.69. The summed E-state index contributed by atoms with van der Waals surface area (Å²) in [5.41, 5.74) is 3.63. The minimum atomic E-state index is 0.000172. The van der Waals surface area contributed by atoms with E-state index in [0.29, 0.717) is 18.5 Å². The smallest absolute Gasteiger partial charge is 0.298 e. The second-order valence-corrected chi connectivity index (χ2v) is 7.31. The molecule has 0 saturated carbocycles. The Morgan fingerprint density at radius 1 is 1.33 bits per heavy atom. The standard InChI is InChI=1S/C20H25N5O2/c1-14-10-15(2)25(23-14)13-19(26)21-11-16-6-5-9-24(12-16)20-22-17-7-3-4-8-18(17)27-20/h3-4,7-8,10,16H,5-6,9,11-13H2,1-2H3,(H,21,26). The quantitative estimate of drug-likeness (QED) is 0.750. The number of aromatic nitrogens is 3. The number of nitrogens with one attached hydrogen (secondary N) is 1. The number of benzene rings is 1. The van der Waals surface area contributed by atoms with Gasteiger partial charge < -0.3 is 14.6 Å². The van der Waals surface area contributed by atoms with Crippen molar-refractivity contribution in [2.45, 2.75) is 33.2 Å². The lowest BCUT2D eigenvalue weighted by molar-refractivity contribution is -0.122. The lowest BCUT2D eigenvalue weighted by Gasteiger charge is -2.31. The highest BCUT2D eigenvalue weighted by Gasteiger charge is 2.24. The van der Waals surface area contributed by atoms with Gasteiger partial charge in [0.2, 0.25) is 5.91 Å². The van der Waals surface area contributed by atoms with Crippen LogP contribution in [-0.2, 0) is 11.3 Å². The highest BCUT2D eigenvalue weighted by atomic mass is 16.4. The molecule has 4 rings (SSSR count). The molecule has 3 heterocycles. The SMILES string of the molecule is Cc1cc(C)n(CC(=O)NCC2CCCN(c3nc4ccccc4o3)C2)n1. The van der Waals surface area contributed by atoms with E-state index in [0.717, 1.165) is 48.4 Å². The molecule has 0 aliphatic carbocycles. The number of hydrogen-bond acceptors (Lipinski definition) is 5. The molecule has 0 spiro atoms. The van der Waals surface area contributed by atoms with E-state index in [9.17, 15) is 4.79 Å². The first-order valence-corrected chi connectivity index (χ1v) is 9.47. The minimum Gasteiger partial charge on any atom is -0.423 e. The second-order valence-electron chi connectivity index (χ2n) is 7.31. The van der Waals surface area contributed by atoms with Crippen LogP contribution < -0.4 is 10.2 Å². The number of para-hydroxylation sites is 2. The molecular formula is C20H25N5O2. The van der Waals surface area contributed by atoms with Gasteiger partial charge in [0.25, 0.3) is 6.01 Å². The summed E-state index contributed by atoms with van der Waals surface area (Å²) in [7, 11) is 0. The fourth-order valence-corrected chi connectivity index (χ4v) is 3.69. The molecule has 1 atom stereocenters. The maximum Gasteiger partial charge on any atom is 0.298 e. The molecule has 0 radical (unpaired) electrons. The van der Waals surface area contributed by atoms with Crippen molar-refractivity contribution < 1.29 is 9.21 Å². The number of aryl methyl sites for hydroxylation is 2. The van der Waals surface area contributed by atoms with Crippen LogP contribution in [0.25, 0.3) is 11.1 Å². The molecule has 2 aromatic heterocycles. The van der Waals surface area contributed by atoms with Gasteiger partial charge in [0.1, 0.15) is 12.1 Å². The molecule has 1 amide bonds. The third-order valence-corrected chi connectivity index (χ3v) is 5.06. The van der Waals surface area contributed by atoms with E-state index in [1.54, 1.807) is 4.68 Å². The van der Waals surface area contributed by atoms with Crippen LogP contribution in [0.1, 0.15) is 24.2 Å². The lowest BCUT2D eigenvalue weighted by Crippen LogP contribution is -2.41. The molecule has 3 aromatic rings. The predicted octanol–water partition coefficient (Wildman–Crippen LogP) is 2.67. The van der Waals surface area contributed by atoms with E-state index in [1.807, 2.05) is 44.2 Å². The molecule has 1 aliphatic heterocycles. The topological polar surface area (TPSA) is 76.2 Å². The van der Waals surface area contributed by atoms with E-state index in [1.165, 1.54) is 0 Å². The molecule has 142 valence electrons. The van der Waals surface area contributed by atoms with Crippen molar-refractivity contribution in [1.29, 1.82) is 0 Å². The largest absolute Gasteiger partial charge is 0.423 e. The molecule has 1 aromatic carbocycles. The fraction of sp³-hybridized carbons (Fsp3) is 0.450. The Bertz CT molecular complexity index is 912. The Hall–Kier alpha value is -2.83. The maximum atomic E-state index is 12.3. The first-order chi connectivity index (χ1) is 13.1. The first kappa shape index (κ1) is 17.6. The Labute approximate surface area is 158 Å². The number of carbonyl (C=O) groups excluding carboxylic acids is 1. The van der Waals surface area contributed by atoms with Crippen LogP contribution in [0.2, 0.25) is 0 Å². The van der Waals surface area contributed by atoms with Crippen LogP contribution in [0.3, 0.4) is 0 Å². The van der Waals surface area contributed by atoms with Crippen LogP contribution in [-0.4, -0.2) is 40.3 Å². The molecule has 1 N–H and O–H groups in total. The van der Waals surface area contributed by atoms with E-state index >= 15 is 0 Å². The molecule has 1 aliphatic rings. The molecule has 27 heavy (non-hydrogen) atoms. The normalized spacial score (nSPS) is 17.4. The van der Waals surface area contributed by atoms with E-state index in [-0.39, 0.29) is 12.5 Å². The van der Waals surface area contributed by atoms with Crippen LogP contribution in [0, 0.1) is 19.8 Å². The van der Waals surface area contributed by atoms with Crippen molar-refractivity contribution in [3.05, 3.63) is 41.7 Å². The van der Waals surface area contributed by atoms with Crippen molar-refractivity contribution in [2.75, 3.05) is 24.5 Å². The lowest BCUT2D eigenvalue weighted by atomic mass is 9.98. The van der Waals surface area contributed by atoms with Crippen molar-refractivity contribution in [3.63, 3.8) is 0 Å². The van der Waals surface area contributed by atoms with Gasteiger partial charge in [0.05, 0.1) is 5.69 Å². The zero-order chi connectivity index (χ0) is 18.8. The third kappa shape index (κ3) is 3.97. The van der Waals surface area contributed by atoms with Crippen molar-refractivity contribution in [1.82, 2.24) is 20.1 Å². The summed E-state index contributed by atoms with van der Waals surface area (Å²) < 4.78 is 7.64. The summed E-state index contributed by atoms with van der Waals surface area (Å²) in [4.78, 5) is 19.0. The first-order valence-electron chi connectivity index (χ1n) is 9.47. The number of nitrogens with zero attached hydrogens (tertiary/aromatic N) is 4. The van der Waals surface area contributed by atoms with Crippen LogP contribution in [0.4, 0.5) is 6.01 Å². The van der Waals surface area contributed by atoms with E-state index < -0.39 is 0 Å². The molecular weight excluding hydrogens is 342 g/mol. The van der Waals surface area contributed by atoms with Crippen LogP contribution in [0.5, 0.6) is 0 Å². The summed E-state index contributed by atoms with van der Waals surface area (Å²) in [5, 5.41) is 7.40. The highest BCUT2D eigenvalue weighted by molar-refractivity contribution is 5.76. The van der Waals surface area contributed by atoms with Gasteiger partial charge in [-0.25, -0.2) is 0 Å². The highest BCUT2D eigenvalue weighted by Crippen LogP contribution is 2.26. The molecule has 0 bridgehead atoms. The Morgan fingerprint density at radius 3 is 2.96 bits per heavy atom. The predicted molar refractivity (Wildman–Crippen MR) is 104 cm³/mol. The number of anilines is 1. The Morgan fingerprint density at radius 2 is 2.19 bits per heavy atom. The Kier molecular flexibility index (Phi) is 4.83. The average molecular weight is 367 g/mol. The van der Waals surface area contributed by atoms with Crippen molar-refractivity contribution >= 4 is 23.0 Å². The minimum absolute atomic E-state index is 0.000172. The molecule has 1 unspecified atom stereocenters. The number of carbonyl (C=O) groups is 1. The Balaban J connectivity index is 1.33. The third-order valence-electron chi connectivity index (χ3n) is 5.06. The van der Waals surface area contributed by atoms with Gasteiger partial charge in [-0.1, -0.05) is 12.1 Å². The monoisotopic (exact) mass is 367 g/mol. The van der Waals surface area contributed by atoms with Gasteiger partial charge >= 0.3 is 0 Å². The number of fused-ring (bicyclic) bond motifs is 1. The van der Waals surface area contributed by atoms with Crippen LogP contribution >= 0.6 is 0 Å². The zero-order valence-corrected chi connectivity index (χ0v) is 15.8. The molecule has 1 fully saturated rings. The maximum absolute atomic E-state index is 12.3. The van der Waals surface area contributed by atoms with Gasteiger partial charge in [-0.3, -0.25) is 9.48 Å².